The molecular weight excluding hydrogens is 332 g/mol. The molecule has 2 aliphatic rings. The Morgan fingerprint density at radius 3 is 2.96 bits per heavy atom. The van der Waals surface area contributed by atoms with Crippen LogP contribution in [0.2, 0.25) is 5.02 Å². The fraction of sp³-hybridized carbons (Fsp3) is 0.0667. The van der Waals surface area contributed by atoms with Gasteiger partial charge in [-0.15, -0.1) is 0 Å². The second kappa shape index (κ2) is 5.20. The number of hydrogen-bond acceptors (Lipinski definition) is 4. The molecule has 0 saturated carbocycles. The van der Waals surface area contributed by atoms with Crippen LogP contribution in [0.3, 0.4) is 0 Å². The van der Waals surface area contributed by atoms with Crippen molar-refractivity contribution in [3.8, 4) is 16.9 Å². The van der Waals surface area contributed by atoms with E-state index in [-0.39, 0.29) is 5.56 Å². The smallest absolute Gasteiger partial charge is 0.343 e. The normalized spacial score (nSPS) is 11.2. The van der Waals surface area contributed by atoms with Crippen LogP contribution in [0.5, 0.6) is 0 Å². The lowest BCUT2D eigenvalue weighted by Gasteiger charge is -2.01. The Hall–Kier alpha value is -3.13. The minimum Gasteiger partial charge on any atom is -0.345 e. The van der Waals surface area contributed by atoms with E-state index in [0.29, 0.717) is 33.0 Å². The van der Waals surface area contributed by atoms with E-state index in [1.54, 1.807) is 24.3 Å². The van der Waals surface area contributed by atoms with E-state index in [2.05, 4.69) is 20.5 Å². The third kappa shape index (κ3) is 2.00. The highest BCUT2D eigenvalue weighted by molar-refractivity contribution is 6.30. The van der Waals surface area contributed by atoms with Gasteiger partial charge in [0.15, 0.2) is 0 Å². The third-order valence-corrected chi connectivity index (χ3v) is 3.95. The Bertz CT molecular complexity index is 1110. The van der Waals surface area contributed by atoms with Crippen molar-refractivity contribution in [2.75, 3.05) is 7.05 Å². The van der Waals surface area contributed by atoms with Gasteiger partial charge in [0.2, 0.25) is 0 Å². The van der Waals surface area contributed by atoms with Gasteiger partial charge in [-0.1, -0.05) is 17.7 Å². The summed E-state index contributed by atoms with van der Waals surface area (Å²) in [6, 6.07) is 6.47. The number of aromatic nitrogens is 5. The number of halogens is 1. The zero-order valence-electron chi connectivity index (χ0n) is 12.4. The van der Waals surface area contributed by atoms with Crippen molar-refractivity contribution in [2.45, 2.75) is 0 Å². The Labute approximate surface area is 140 Å². The summed E-state index contributed by atoms with van der Waals surface area (Å²) in [6.07, 6.45) is 3.02. The number of aromatic amines is 1. The minimum absolute atomic E-state index is 0.280. The van der Waals surface area contributed by atoms with Crippen molar-refractivity contribution in [2.24, 2.45) is 0 Å². The van der Waals surface area contributed by atoms with Crippen molar-refractivity contribution in [1.29, 1.82) is 0 Å². The standard InChI is InChI=1S/C15H11ClN6O2/c1-17-15(24)22-13-10(7-19-22)12-11(6-18-13)14(23)21(20-12)9-4-2-3-8(16)5-9/h2-7,18H,1H3,(H,17,24). The molecule has 3 heterocycles. The lowest BCUT2D eigenvalue weighted by molar-refractivity contribution is 0.242. The highest BCUT2D eigenvalue weighted by Crippen LogP contribution is 2.26. The molecule has 2 N–H and O–H groups in total. The molecule has 2 aromatic rings. The van der Waals surface area contributed by atoms with E-state index in [9.17, 15) is 9.59 Å². The average molecular weight is 343 g/mol. The molecule has 0 aliphatic carbocycles. The van der Waals surface area contributed by atoms with Crippen LogP contribution in [-0.2, 0) is 0 Å². The van der Waals surface area contributed by atoms with E-state index >= 15 is 0 Å². The lowest BCUT2D eigenvalue weighted by Crippen LogP contribution is -2.25. The Morgan fingerprint density at radius 1 is 1.38 bits per heavy atom. The fourth-order valence-electron chi connectivity index (χ4n) is 2.59. The molecule has 0 spiro atoms. The molecular formula is C15H11ClN6O2. The van der Waals surface area contributed by atoms with Crippen LogP contribution in [0.15, 0.2) is 41.5 Å². The minimum atomic E-state index is -0.391. The topological polar surface area (TPSA) is 97.6 Å². The number of nitrogens with one attached hydrogen (secondary N) is 2. The molecule has 0 saturated heterocycles. The maximum Gasteiger partial charge on any atom is 0.343 e. The Balaban J connectivity index is 2.00. The quantitative estimate of drug-likeness (QED) is 0.551. The van der Waals surface area contributed by atoms with Crippen LogP contribution in [-0.4, -0.2) is 37.6 Å². The molecule has 24 heavy (non-hydrogen) atoms. The largest absolute Gasteiger partial charge is 0.345 e. The Kier molecular flexibility index (Phi) is 3.14. The van der Waals surface area contributed by atoms with Crippen molar-refractivity contribution in [3.05, 3.63) is 52.0 Å². The summed E-state index contributed by atoms with van der Waals surface area (Å²) in [5.74, 6) is 0. The molecule has 1 aromatic heterocycles. The van der Waals surface area contributed by atoms with Crippen LogP contribution in [0, 0.1) is 0 Å². The summed E-state index contributed by atoms with van der Waals surface area (Å²) in [7, 11) is 1.51. The maximum atomic E-state index is 12.6. The zero-order valence-corrected chi connectivity index (χ0v) is 13.2. The number of benzene rings is 1. The van der Waals surface area contributed by atoms with Gasteiger partial charge < -0.3 is 10.3 Å². The van der Waals surface area contributed by atoms with Gasteiger partial charge in [-0.05, 0) is 18.2 Å². The second-order valence-electron chi connectivity index (χ2n) is 5.12. The van der Waals surface area contributed by atoms with Gasteiger partial charge >= 0.3 is 6.03 Å². The van der Waals surface area contributed by atoms with Gasteiger partial charge in [0.05, 0.1) is 22.8 Å². The number of pyridine rings is 1. The lowest BCUT2D eigenvalue weighted by atomic mass is 10.2. The summed E-state index contributed by atoms with van der Waals surface area (Å²) < 4.78 is 2.46. The van der Waals surface area contributed by atoms with Crippen molar-refractivity contribution >= 4 is 28.7 Å². The molecule has 4 rings (SSSR count). The van der Waals surface area contributed by atoms with Crippen LogP contribution in [0.1, 0.15) is 0 Å². The summed E-state index contributed by atoms with van der Waals surface area (Å²) >= 11 is 5.99. The highest BCUT2D eigenvalue weighted by Gasteiger charge is 2.22. The molecule has 9 heteroatoms. The number of amides is 1. The summed E-state index contributed by atoms with van der Waals surface area (Å²) in [6.45, 7) is 0. The van der Waals surface area contributed by atoms with E-state index < -0.39 is 6.03 Å². The molecule has 1 aromatic carbocycles. The van der Waals surface area contributed by atoms with Gasteiger partial charge in [0.25, 0.3) is 5.56 Å². The predicted molar refractivity (Wildman–Crippen MR) is 89.0 cm³/mol. The molecule has 0 unspecified atom stereocenters. The average Bonchev–Trinajstić information content (AvgIpc) is 3.15. The SMILES string of the molecule is CNC(=O)n1ncc2c3nn(-c4cccc(Cl)c4)c(=O)c-3c[nH]c21. The van der Waals surface area contributed by atoms with Gasteiger partial charge in [-0.3, -0.25) is 4.79 Å². The van der Waals surface area contributed by atoms with Crippen molar-refractivity contribution in [3.63, 3.8) is 0 Å². The summed E-state index contributed by atoms with van der Waals surface area (Å²) in [4.78, 5) is 27.4. The second-order valence-corrected chi connectivity index (χ2v) is 5.56. The van der Waals surface area contributed by atoms with Gasteiger partial charge in [-0.2, -0.15) is 19.6 Å². The first-order valence-electron chi connectivity index (χ1n) is 7.06. The monoisotopic (exact) mass is 342 g/mol. The maximum absolute atomic E-state index is 12.6. The zero-order chi connectivity index (χ0) is 16.8. The molecule has 120 valence electrons. The molecule has 0 atom stereocenters. The molecule has 8 nitrogen and oxygen atoms in total. The number of carbonyl (C=O) groups excluding carboxylic acids is 1. The number of rotatable bonds is 1. The first-order valence-corrected chi connectivity index (χ1v) is 7.44. The number of H-pyrrole nitrogens is 1. The predicted octanol–water partition coefficient (Wildman–Crippen LogP) is 1.86. The first-order chi connectivity index (χ1) is 11.6. The molecule has 0 bridgehead atoms. The van der Waals surface area contributed by atoms with Crippen LogP contribution in [0.25, 0.3) is 28.0 Å². The van der Waals surface area contributed by atoms with Gasteiger partial charge in [0, 0.05) is 18.3 Å². The molecule has 2 aliphatic heterocycles. The van der Waals surface area contributed by atoms with E-state index in [0.717, 1.165) is 0 Å². The van der Waals surface area contributed by atoms with Gasteiger partial charge in [-0.25, -0.2) is 4.79 Å². The van der Waals surface area contributed by atoms with Crippen molar-refractivity contribution in [1.82, 2.24) is 29.9 Å². The summed E-state index contributed by atoms with van der Waals surface area (Å²) in [5.41, 5.74) is 1.61. The van der Waals surface area contributed by atoms with Gasteiger partial charge in [0.1, 0.15) is 11.3 Å². The number of nitrogens with zero attached hydrogens (tertiary/aromatic N) is 4. The van der Waals surface area contributed by atoms with Crippen LogP contribution in [0.4, 0.5) is 4.79 Å². The van der Waals surface area contributed by atoms with Crippen LogP contribution >= 0.6 is 11.6 Å². The molecule has 0 fully saturated rings. The van der Waals surface area contributed by atoms with E-state index in [1.807, 2.05) is 0 Å². The highest BCUT2D eigenvalue weighted by atomic mass is 35.5. The first kappa shape index (κ1) is 14.5. The third-order valence-electron chi connectivity index (χ3n) is 3.71. The van der Waals surface area contributed by atoms with E-state index in [4.69, 9.17) is 11.6 Å². The number of hydrogen-bond donors (Lipinski definition) is 2. The van der Waals surface area contributed by atoms with E-state index in [1.165, 1.54) is 28.8 Å². The Morgan fingerprint density at radius 2 is 2.21 bits per heavy atom. The van der Waals surface area contributed by atoms with Crippen LogP contribution < -0.4 is 10.9 Å². The fourth-order valence-corrected chi connectivity index (χ4v) is 2.77. The number of fused-ring (bicyclic) bond motifs is 3. The molecule has 0 radical (unpaired) electrons. The van der Waals surface area contributed by atoms with Crippen molar-refractivity contribution < 1.29 is 4.79 Å². The number of carbonyl (C=O) groups is 1. The summed E-state index contributed by atoms with van der Waals surface area (Å²) in [5, 5.41) is 12.0. The molecule has 1 amide bonds.